The molecule has 0 saturated carbocycles. The fraction of sp³-hybridized carbons (Fsp3) is 0.817. The molecule has 0 fully saturated rings. The lowest BCUT2D eigenvalue weighted by molar-refractivity contribution is -0.139. The summed E-state index contributed by atoms with van der Waals surface area (Å²) in [5, 5.41) is 39.4. The Morgan fingerprint density at radius 3 is 1.26 bits per heavy atom. The fourth-order valence-electron chi connectivity index (χ4n) is 5.85. The minimum Gasteiger partial charge on any atom is -0.480 e. The molecule has 0 aromatic heterocycles. The smallest absolute Gasteiger partial charge is 0.320 e. The van der Waals surface area contributed by atoms with Crippen LogP contribution in [0.4, 0.5) is 0 Å². The lowest BCUT2D eigenvalue weighted by Crippen LogP contribution is -2.45. The predicted molar refractivity (Wildman–Crippen MR) is 340 cm³/mol. The maximum absolute atomic E-state index is 11.4. The Hall–Kier alpha value is -5.67. The molecule has 0 aliphatic rings. The number of aliphatic carboxylic acids is 1. The van der Waals surface area contributed by atoms with E-state index in [2.05, 4.69) is 47.9 Å². The Morgan fingerprint density at radius 1 is 0.453 bits per heavy atom. The third kappa shape index (κ3) is 106. The first-order valence-electron chi connectivity index (χ1n) is 31.3. The average molecular weight is 1240 g/mol. The normalized spacial score (nSPS) is 9.93. The Balaban J connectivity index is -0.000000123. The molecule has 2 atom stereocenters. The monoisotopic (exact) mass is 1240 g/mol. The molecule has 0 spiro atoms. The van der Waals surface area contributed by atoms with Gasteiger partial charge in [-0.1, -0.05) is 132 Å². The van der Waals surface area contributed by atoms with E-state index in [0.717, 1.165) is 44.8 Å². The minimum absolute atomic E-state index is 0.0593. The zero-order valence-corrected chi connectivity index (χ0v) is 55.6. The highest BCUT2D eigenvalue weighted by Crippen LogP contribution is 2.13. The van der Waals surface area contributed by atoms with Crippen molar-refractivity contribution in [3.63, 3.8) is 0 Å². The first kappa shape index (κ1) is 99.4. The molecule has 0 aliphatic heterocycles. The molecule has 0 heterocycles. The number of aliphatic hydroxyl groups excluding tert-OH is 1. The van der Waals surface area contributed by atoms with E-state index in [0.29, 0.717) is 85.1 Å². The van der Waals surface area contributed by atoms with Crippen LogP contribution in [0.25, 0.3) is 0 Å². The first-order valence-corrected chi connectivity index (χ1v) is 31.3. The van der Waals surface area contributed by atoms with Crippen molar-refractivity contribution < 1.29 is 81.9 Å². The van der Waals surface area contributed by atoms with Gasteiger partial charge in [-0.05, 0) is 54.0 Å². The fourth-order valence-corrected chi connectivity index (χ4v) is 5.85. The number of aldehydes is 2. The predicted octanol–water partition coefficient (Wildman–Crippen LogP) is 4.45. The van der Waals surface area contributed by atoms with E-state index in [-0.39, 0.29) is 57.5 Å². The number of likely N-dealkylation sites (N-methyl/N-ethyl adjacent to an activating group) is 2. The van der Waals surface area contributed by atoms with Gasteiger partial charge in [0.25, 0.3) is 0 Å². The molecule has 0 rings (SSSR count). The highest BCUT2D eigenvalue weighted by atomic mass is 16.5. The summed E-state index contributed by atoms with van der Waals surface area (Å²) in [6, 6.07) is -1.08. The Labute approximate surface area is 518 Å². The third-order valence-electron chi connectivity index (χ3n) is 10.0. The van der Waals surface area contributed by atoms with Gasteiger partial charge in [0.1, 0.15) is 25.2 Å². The van der Waals surface area contributed by atoms with Crippen LogP contribution in [0.1, 0.15) is 199 Å². The van der Waals surface area contributed by atoms with Crippen LogP contribution < -0.4 is 47.9 Å². The largest absolute Gasteiger partial charge is 0.480 e. The maximum atomic E-state index is 11.4. The van der Waals surface area contributed by atoms with Crippen LogP contribution in [0.5, 0.6) is 0 Å². The van der Waals surface area contributed by atoms with E-state index >= 15 is 0 Å². The molecule has 0 aromatic carbocycles. The van der Waals surface area contributed by atoms with Crippen LogP contribution in [0.3, 0.4) is 0 Å². The van der Waals surface area contributed by atoms with Crippen LogP contribution in [0.15, 0.2) is 0 Å². The van der Waals surface area contributed by atoms with Gasteiger partial charge in [-0.25, -0.2) is 0 Å². The van der Waals surface area contributed by atoms with Crippen molar-refractivity contribution in [2.24, 2.45) is 0 Å². The number of unbranched alkanes of at least 4 members (excludes halogenated alkanes) is 15. The van der Waals surface area contributed by atoms with Gasteiger partial charge in [0.15, 0.2) is 0 Å². The molecule has 86 heavy (non-hydrogen) atoms. The van der Waals surface area contributed by atoms with Gasteiger partial charge >= 0.3 is 5.97 Å². The first-order chi connectivity index (χ1) is 41.7. The van der Waals surface area contributed by atoms with Crippen LogP contribution in [-0.4, -0.2) is 202 Å². The Kier molecular flexibility index (Phi) is 114. The van der Waals surface area contributed by atoms with Gasteiger partial charge in [-0.3, -0.25) is 43.2 Å². The summed E-state index contributed by atoms with van der Waals surface area (Å²) in [6.07, 6.45) is 23.8. The van der Waals surface area contributed by atoms with Gasteiger partial charge in [-0.2, -0.15) is 0 Å². The summed E-state index contributed by atoms with van der Waals surface area (Å²) in [6.45, 7) is 28.0. The second-order valence-corrected chi connectivity index (χ2v) is 16.8. The summed E-state index contributed by atoms with van der Waals surface area (Å²) in [7, 11) is 1.56. The quantitative estimate of drug-likeness (QED) is 0.0296. The van der Waals surface area contributed by atoms with Gasteiger partial charge < -0.3 is 86.6 Å². The number of carboxylic acid groups (broad SMARTS) is 1. The highest BCUT2D eigenvalue weighted by molar-refractivity contribution is 5.89. The number of amides is 8. The van der Waals surface area contributed by atoms with Crippen LogP contribution >= 0.6 is 0 Å². The van der Waals surface area contributed by atoms with Crippen molar-refractivity contribution in [3.05, 3.63) is 0 Å². The topological polar surface area (TPSA) is 373 Å². The number of carbonyl (C=O) groups excluding carboxylic acids is 10. The van der Waals surface area contributed by atoms with Gasteiger partial charge in [-0.15, -0.1) is 0 Å². The molecule has 512 valence electrons. The number of nitrogens with one attached hydrogen (secondary N) is 9. The van der Waals surface area contributed by atoms with E-state index in [1.54, 1.807) is 14.0 Å². The molecule has 0 saturated heterocycles. The zero-order valence-electron chi connectivity index (χ0n) is 55.6. The van der Waals surface area contributed by atoms with E-state index in [9.17, 15) is 52.7 Å². The Bertz CT molecular complexity index is 1440. The standard InChI is InChI=1S/C18H34O2.C12H24N2O5.C10H18N4O5.C9H18N2O4.C3H7NO.4C2H6/c19-17-15-13-11-9-7-5-3-1-2-4-6-8-10-12-14-16-18-20;1-3-18-8-9-19-7-6-14-11(15)5-4-10(13-2)12(16)17;1-7(5-15)14-10(19)4-13-9(18)3-12-8(17)2-11-6-16;1-2-11-9(13)7-15-6-5-14-4-3-10-8-12;1-2-4-3-5;4*1-2/h17-18H,1-16H2;10,13H,3-9H2,1-2H3,(H,14,15)(H,16,17);6-7,15H,2-5H2,1H3,(H,11,16)(H,12,17)(H,13,18)(H,14,19);8H,2-7H2,1H3,(H,10,12)(H,11,13);3H,2H2,1H3,(H,4,5);4*1-2H3. The number of carbonyl (C=O) groups is 11. The molecular formula is C60H125N9O17. The SMILES string of the molecule is CC.CC.CC.CC.CC(CO)NC(=O)CNC(=O)CNC(=O)CNC=O.CCNC(=O)COCCOCCNC=O.CCNC=O.CCOCCOCCNC(=O)CCC(NC)C(=O)O.O=CCCCCCCCCCCCCCCCCC=O. The van der Waals surface area contributed by atoms with Crippen molar-refractivity contribution >= 4 is 67.3 Å². The number of aliphatic hydroxyl groups is 1. The zero-order chi connectivity index (χ0) is 67.4. The summed E-state index contributed by atoms with van der Waals surface area (Å²) in [4.78, 5) is 116. The molecule has 2 unspecified atom stereocenters. The summed E-state index contributed by atoms with van der Waals surface area (Å²) in [5.41, 5.74) is 0. The molecule has 8 amide bonds. The van der Waals surface area contributed by atoms with Crippen LogP contribution in [0, 0.1) is 0 Å². The molecule has 0 aliphatic carbocycles. The minimum atomic E-state index is -0.949. The highest BCUT2D eigenvalue weighted by Gasteiger charge is 2.16. The maximum Gasteiger partial charge on any atom is 0.320 e. The second kappa shape index (κ2) is 98.4. The summed E-state index contributed by atoms with van der Waals surface area (Å²) in [5.74, 6) is -2.74. The van der Waals surface area contributed by atoms with Crippen molar-refractivity contribution in [1.29, 1.82) is 0 Å². The van der Waals surface area contributed by atoms with Crippen molar-refractivity contribution in [2.75, 3.05) is 112 Å². The molecule has 11 N–H and O–H groups in total. The number of hydrogen-bond donors (Lipinski definition) is 11. The Morgan fingerprint density at radius 2 is 0.872 bits per heavy atom. The lowest BCUT2D eigenvalue weighted by atomic mass is 10.0. The number of ether oxygens (including phenoxy) is 4. The van der Waals surface area contributed by atoms with E-state index < -0.39 is 35.8 Å². The van der Waals surface area contributed by atoms with Crippen LogP contribution in [0.2, 0.25) is 0 Å². The van der Waals surface area contributed by atoms with Gasteiger partial charge in [0.05, 0.1) is 65.9 Å². The average Bonchev–Trinajstić information content (AvgIpc) is 3.55. The molecule has 0 bridgehead atoms. The molecule has 0 aromatic rings. The molecular weight excluding hydrogens is 1120 g/mol. The summed E-state index contributed by atoms with van der Waals surface area (Å²) < 4.78 is 20.4. The second-order valence-electron chi connectivity index (χ2n) is 16.8. The number of hydrogen-bond acceptors (Lipinski definition) is 17. The van der Waals surface area contributed by atoms with Gasteiger partial charge in [0, 0.05) is 58.1 Å². The van der Waals surface area contributed by atoms with E-state index in [1.165, 1.54) is 77.0 Å². The molecule has 0 radical (unpaired) electrons. The van der Waals surface area contributed by atoms with Crippen molar-refractivity contribution in [2.45, 2.75) is 211 Å². The summed E-state index contributed by atoms with van der Waals surface area (Å²) >= 11 is 0. The third-order valence-corrected chi connectivity index (χ3v) is 10.0. The molecule has 26 nitrogen and oxygen atoms in total. The van der Waals surface area contributed by atoms with E-state index in [4.69, 9.17) is 29.2 Å². The molecule has 26 heteroatoms. The number of carboxylic acids is 1. The van der Waals surface area contributed by atoms with Crippen molar-refractivity contribution in [3.8, 4) is 0 Å². The van der Waals surface area contributed by atoms with Crippen LogP contribution in [-0.2, 0) is 71.7 Å². The lowest BCUT2D eigenvalue weighted by Gasteiger charge is -2.11. The van der Waals surface area contributed by atoms with Gasteiger partial charge in [0.2, 0.25) is 48.8 Å². The van der Waals surface area contributed by atoms with Crippen molar-refractivity contribution in [1.82, 2.24) is 47.9 Å². The number of rotatable bonds is 50. The van der Waals surface area contributed by atoms with E-state index in [1.807, 2.05) is 76.2 Å².